The van der Waals surface area contributed by atoms with E-state index >= 15 is 0 Å². The molecule has 0 atom stereocenters. The number of benzene rings is 1. The maximum absolute atomic E-state index is 12.6. The minimum Gasteiger partial charge on any atom is -0.288 e. The van der Waals surface area contributed by atoms with E-state index in [-0.39, 0.29) is 5.95 Å². The summed E-state index contributed by atoms with van der Waals surface area (Å²) in [7, 11) is 0. The van der Waals surface area contributed by atoms with Crippen LogP contribution in [0.25, 0.3) is 0 Å². The molecule has 0 aliphatic heterocycles. The molecule has 0 fully saturated rings. The van der Waals surface area contributed by atoms with Crippen molar-refractivity contribution in [3.05, 3.63) is 35.6 Å². The minimum atomic E-state index is -0.420. The molecular formula is C8H6FN5O. The van der Waals surface area contributed by atoms with Crippen molar-refractivity contribution in [1.29, 1.82) is 0 Å². The molecule has 6 nitrogen and oxygen atoms in total. The number of aromatic amines is 1. The lowest BCUT2D eigenvalue weighted by Gasteiger charge is -1.99. The third-order valence-corrected chi connectivity index (χ3v) is 1.68. The van der Waals surface area contributed by atoms with Gasteiger partial charge in [-0.15, -0.1) is 5.10 Å². The molecule has 1 aromatic heterocycles. The summed E-state index contributed by atoms with van der Waals surface area (Å²) in [5, 5.41) is 14.9. The number of nitrogens with one attached hydrogen (secondary N) is 2. The SMILES string of the molecule is O=C(Nc1nn[nH]n1)c1ccc(F)cc1. The summed E-state index contributed by atoms with van der Waals surface area (Å²) in [5.74, 6) is -0.744. The molecule has 2 N–H and O–H groups in total. The van der Waals surface area contributed by atoms with Gasteiger partial charge in [0.15, 0.2) is 0 Å². The third-order valence-electron chi connectivity index (χ3n) is 1.68. The number of amides is 1. The summed E-state index contributed by atoms with van der Waals surface area (Å²) in [5.41, 5.74) is 0.321. The molecule has 0 saturated heterocycles. The molecule has 2 rings (SSSR count). The van der Waals surface area contributed by atoms with E-state index in [1.54, 1.807) is 0 Å². The summed E-state index contributed by atoms with van der Waals surface area (Å²) in [6.07, 6.45) is 0. The highest BCUT2D eigenvalue weighted by atomic mass is 19.1. The van der Waals surface area contributed by atoms with E-state index in [4.69, 9.17) is 0 Å². The van der Waals surface area contributed by atoms with Gasteiger partial charge in [-0.05, 0) is 29.5 Å². The number of carbonyl (C=O) groups is 1. The van der Waals surface area contributed by atoms with Gasteiger partial charge >= 0.3 is 0 Å². The van der Waals surface area contributed by atoms with Crippen LogP contribution in [0.4, 0.5) is 10.3 Å². The monoisotopic (exact) mass is 207 g/mol. The number of hydrogen-bond donors (Lipinski definition) is 2. The number of H-pyrrole nitrogens is 1. The van der Waals surface area contributed by atoms with E-state index in [0.717, 1.165) is 0 Å². The first-order valence-corrected chi connectivity index (χ1v) is 4.06. The Labute approximate surface area is 83.5 Å². The van der Waals surface area contributed by atoms with Crippen LogP contribution >= 0.6 is 0 Å². The number of halogens is 1. The van der Waals surface area contributed by atoms with Gasteiger partial charge in [-0.3, -0.25) is 10.1 Å². The number of rotatable bonds is 2. The molecule has 0 spiro atoms. The van der Waals surface area contributed by atoms with E-state index in [1.165, 1.54) is 24.3 Å². The molecule has 2 aromatic rings. The molecule has 0 aliphatic carbocycles. The fourth-order valence-corrected chi connectivity index (χ4v) is 0.990. The number of anilines is 1. The number of hydrogen-bond acceptors (Lipinski definition) is 4. The average molecular weight is 207 g/mol. The van der Waals surface area contributed by atoms with Crippen molar-refractivity contribution in [1.82, 2.24) is 20.6 Å². The molecule has 1 aromatic carbocycles. The van der Waals surface area contributed by atoms with Crippen molar-refractivity contribution in [3.8, 4) is 0 Å². The lowest BCUT2D eigenvalue weighted by atomic mass is 10.2. The Morgan fingerprint density at radius 2 is 2.07 bits per heavy atom. The smallest absolute Gasteiger partial charge is 0.270 e. The van der Waals surface area contributed by atoms with Crippen LogP contribution < -0.4 is 5.32 Å². The van der Waals surface area contributed by atoms with Crippen LogP contribution in [0.3, 0.4) is 0 Å². The van der Waals surface area contributed by atoms with Gasteiger partial charge in [0.05, 0.1) is 0 Å². The molecule has 1 amide bonds. The van der Waals surface area contributed by atoms with E-state index in [2.05, 4.69) is 25.9 Å². The van der Waals surface area contributed by atoms with E-state index in [1.807, 2.05) is 0 Å². The van der Waals surface area contributed by atoms with Crippen molar-refractivity contribution >= 4 is 11.9 Å². The summed E-state index contributed by atoms with van der Waals surface area (Å²) in [6.45, 7) is 0. The molecule has 1 heterocycles. The van der Waals surface area contributed by atoms with Gasteiger partial charge in [0, 0.05) is 5.56 Å². The lowest BCUT2D eigenvalue weighted by molar-refractivity contribution is 0.102. The summed E-state index contributed by atoms with van der Waals surface area (Å²) < 4.78 is 12.6. The first-order valence-electron chi connectivity index (χ1n) is 4.06. The Morgan fingerprint density at radius 3 is 2.67 bits per heavy atom. The first-order chi connectivity index (χ1) is 7.25. The Kier molecular flexibility index (Phi) is 2.36. The van der Waals surface area contributed by atoms with Crippen molar-refractivity contribution in [2.75, 3.05) is 5.32 Å². The molecule has 7 heteroatoms. The molecule has 76 valence electrons. The van der Waals surface area contributed by atoms with Crippen LogP contribution in [-0.4, -0.2) is 26.5 Å². The van der Waals surface area contributed by atoms with E-state index < -0.39 is 11.7 Å². The molecule has 15 heavy (non-hydrogen) atoms. The zero-order valence-electron chi connectivity index (χ0n) is 7.44. The van der Waals surface area contributed by atoms with E-state index in [0.29, 0.717) is 5.56 Å². The predicted molar refractivity (Wildman–Crippen MR) is 48.5 cm³/mol. The fraction of sp³-hybridized carbons (Fsp3) is 0. The summed E-state index contributed by atoms with van der Waals surface area (Å²) >= 11 is 0. The predicted octanol–water partition coefficient (Wildman–Crippen LogP) is 0.591. The molecular weight excluding hydrogens is 201 g/mol. The largest absolute Gasteiger partial charge is 0.288 e. The number of aromatic nitrogens is 4. The van der Waals surface area contributed by atoms with Gasteiger partial charge in [-0.1, -0.05) is 5.10 Å². The second kappa shape index (κ2) is 3.82. The number of nitrogens with zero attached hydrogens (tertiary/aromatic N) is 3. The Balaban J connectivity index is 2.11. The van der Waals surface area contributed by atoms with Gasteiger partial charge in [0.2, 0.25) is 0 Å². The van der Waals surface area contributed by atoms with Crippen LogP contribution in [-0.2, 0) is 0 Å². The first kappa shape index (κ1) is 9.25. The molecule has 0 unspecified atom stereocenters. The molecule has 0 radical (unpaired) electrons. The Morgan fingerprint density at radius 1 is 1.33 bits per heavy atom. The average Bonchev–Trinajstić information content (AvgIpc) is 2.71. The van der Waals surface area contributed by atoms with Gasteiger partial charge in [-0.25, -0.2) is 4.39 Å². The van der Waals surface area contributed by atoms with Gasteiger partial charge < -0.3 is 0 Å². The fourth-order valence-electron chi connectivity index (χ4n) is 0.990. The second-order valence-electron chi connectivity index (χ2n) is 2.70. The highest BCUT2D eigenvalue weighted by molar-refractivity contribution is 6.03. The van der Waals surface area contributed by atoms with Gasteiger partial charge in [0.1, 0.15) is 5.82 Å². The number of tetrazole rings is 1. The minimum absolute atomic E-state index is 0.0734. The maximum atomic E-state index is 12.6. The van der Waals surface area contributed by atoms with Gasteiger partial charge in [0.25, 0.3) is 11.9 Å². The second-order valence-corrected chi connectivity index (χ2v) is 2.70. The molecule has 0 saturated carbocycles. The zero-order valence-corrected chi connectivity index (χ0v) is 7.44. The third kappa shape index (κ3) is 2.13. The standard InChI is InChI=1S/C8H6FN5O/c9-6-3-1-5(2-4-6)7(15)10-8-11-13-14-12-8/h1-4H,(H2,10,11,12,13,14,15). The Bertz CT molecular complexity index is 452. The summed E-state index contributed by atoms with van der Waals surface area (Å²) in [4.78, 5) is 11.5. The Hall–Kier alpha value is -2.31. The van der Waals surface area contributed by atoms with Crippen LogP contribution in [0.2, 0.25) is 0 Å². The van der Waals surface area contributed by atoms with Crippen molar-refractivity contribution < 1.29 is 9.18 Å². The quantitative estimate of drug-likeness (QED) is 0.754. The number of carbonyl (C=O) groups excluding carboxylic acids is 1. The van der Waals surface area contributed by atoms with Gasteiger partial charge in [-0.2, -0.15) is 5.21 Å². The van der Waals surface area contributed by atoms with Crippen molar-refractivity contribution in [3.63, 3.8) is 0 Å². The van der Waals surface area contributed by atoms with Crippen LogP contribution in [0.1, 0.15) is 10.4 Å². The normalized spacial score (nSPS) is 9.93. The molecule has 0 bridgehead atoms. The van der Waals surface area contributed by atoms with Crippen molar-refractivity contribution in [2.24, 2.45) is 0 Å². The van der Waals surface area contributed by atoms with E-state index in [9.17, 15) is 9.18 Å². The highest BCUT2D eigenvalue weighted by Crippen LogP contribution is 2.04. The highest BCUT2D eigenvalue weighted by Gasteiger charge is 2.07. The topological polar surface area (TPSA) is 83.6 Å². The zero-order chi connectivity index (χ0) is 10.7. The van der Waals surface area contributed by atoms with Crippen LogP contribution in [0, 0.1) is 5.82 Å². The summed E-state index contributed by atoms with van der Waals surface area (Å²) in [6, 6.07) is 5.13. The van der Waals surface area contributed by atoms with Crippen LogP contribution in [0.15, 0.2) is 24.3 Å². The lowest BCUT2D eigenvalue weighted by Crippen LogP contribution is -2.12. The van der Waals surface area contributed by atoms with Crippen LogP contribution in [0.5, 0.6) is 0 Å². The molecule has 0 aliphatic rings. The van der Waals surface area contributed by atoms with Crippen molar-refractivity contribution in [2.45, 2.75) is 0 Å². The maximum Gasteiger partial charge on any atom is 0.270 e.